The van der Waals surface area contributed by atoms with E-state index in [1.165, 1.54) is 18.2 Å². The van der Waals surface area contributed by atoms with Crippen LogP contribution >= 0.6 is 23.4 Å². The Kier molecular flexibility index (Phi) is 2.79. The summed E-state index contributed by atoms with van der Waals surface area (Å²) in [6, 6.07) is 3.96. The summed E-state index contributed by atoms with van der Waals surface area (Å²) in [6.45, 7) is 0. The van der Waals surface area contributed by atoms with Crippen molar-refractivity contribution < 1.29 is 4.39 Å². The zero-order chi connectivity index (χ0) is 8.27. The molecule has 0 fully saturated rings. The van der Waals surface area contributed by atoms with Gasteiger partial charge in [0.25, 0.3) is 0 Å². The summed E-state index contributed by atoms with van der Waals surface area (Å²) in [5.41, 5.74) is 0.423. The molecule has 0 aliphatic rings. The molecular weight excluding hydrogens is 190 g/mol. The standard InChI is InChI=1S/C6H3Cl2FN2/c7-5-3-4(10-11-8)1-2-6(5)9/h1-3H. The van der Waals surface area contributed by atoms with Gasteiger partial charge in [-0.15, -0.1) is 5.11 Å². The molecule has 1 rings (SSSR count). The molecule has 1 aromatic rings. The number of benzene rings is 1. The number of hydrogen-bond donors (Lipinski definition) is 0. The smallest absolute Gasteiger partial charge is 0.141 e. The minimum atomic E-state index is -0.486. The normalized spacial score (nSPS) is 10.8. The maximum absolute atomic E-state index is 12.5. The number of hydrogen-bond acceptors (Lipinski definition) is 2. The third-order valence-electron chi connectivity index (χ3n) is 1.06. The van der Waals surface area contributed by atoms with E-state index in [0.717, 1.165) is 0 Å². The first-order chi connectivity index (χ1) is 5.24. The Balaban J connectivity index is 3.05. The van der Waals surface area contributed by atoms with Gasteiger partial charge < -0.3 is 0 Å². The zero-order valence-corrected chi connectivity index (χ0v) is 6.77. The van der Waals surface area contributed by atoms with Gasteiger partial charge in [-0.3, -0.25) is 0 Å². The van der Waals surface area contributed by atoms with Crippen LogP contribution in [-0.2, 0) is 0 Å². The number of rotatable bonds is 1. The molecule has 0 saturated carbocycles. The summed E-state index contributed by atoms with van der Waals surface area (Å²) >= 11 is 10.4. The minimum absolute atomic E-state index is 0.00608. The van der Waals surface area contributed by atoms with Crippen LogP contribution in [0.1, 0.15) is 0 Å². The summed E-state index contributed by atoms with van der Waals surface area (Å²) in [6.07, 6.45) is 0. The molecule has 2 nitrogen and oxygen atoms in total. The highest BCUT2D eigenvalue weighted by Gasteiger charge is 1.98. The second kappa shape index (κ2) is 3.64. The average Bonchev–Trinajstić information content (AvgIpc) is 1.98. The molecule has 0 bridgehead atoms. The van der Waals surface area contributed by atoms with Crippen LogP contribution < -0.4 is 0 Å². The van der Waals surface area contributed by atoms with Gasteiger partial charge >= 0.3 is 0 Å². The molecule has 0 saturated heterocycles. The van der Waals surface area contributed by atoms with Crippen molar-refractivity contribution in [2.45, 2.75) is 0 Å². The van der Waals surface area contributed by atoms with E-state index in [0.29, 0.717) is 5.69 Å². The van der Waals surface area contributed by atoms with Crippen LogP contribution in [0.3, 0.4) is 0 Å². The van der Waals surface area contributed by atoms with Crippen LogP contribution in [0.2, 0.25) is 5.02 Å². The topological polar surface area (TPSA) is 24.7 Å². The Morgan fingerprint density at radius 2 is 2.09 bits per heavy atom. The van der Waals surface area contributed by atoms with E-state index in [1.807, 2.05) is 0 Å². The van der Waals surface area contributed by atoms with Crippen molar-refractivity contribution in [2.75, 3.05) is 0 Å². The summed E-state index contributed by atoms with van der Waals surface area (Å²) in [5, 5.41) is 3.45. The van der Waals surface area contributed by atoms with Gasteiger partial charge in [-0.05, 0) is 18.2 Å². The van der Waals surface area contributed by atoms with Crippen LogP contribution in [-0.4, -0.2) is 0 Å². The second-order valence-electron chi connectivity index (χ2n) is 1.77. The van der Waals surface area contributed by atoms with Gasteiger partial charge in [-0.1, -0.05) is 16.2 Å². The lowest BCUT2D eigenvalue weighted by atomic mass is 10.3. The number of halogens is 3. The van der Waals surface area contributed by atoms with Gasteiger partial charge in [0, 0.05) is 0 Å². The maximum Gasteiger partial charge on any atom is 0.141 e. The Morgan fingerprint density at radius 3 is 2.64 bits per heavy atom. The van der Waals surface area contributed by atoms with Crippen LogP contribution in [0, 0.1) is 5.82 Å². The van der Waals surface area contributed by atoms with E-state index in [4.69, 9.17) is 23.4 Å². The Hall–Kier alpha value is -0.670. The third-order valence-corrected chi connectivity index (χ3v) is 1.42. The summed E-state index contributed by atoms with van der Waals surface area (Å²) in [5.74, 6) is -0.486. The Bertz CT molecular complexity index is 288. The van der Waals surface area contributed by atoms with E-state index in [2.05, 4.69) is 9.75 Å². The minimum Gasteiger partial charge on any atom is -0.205 e. The van der Waals surface area contributed by atoms with E-state index in [1.54, 1.807) is 0 Å². The first-order valence-corrected chi connectivity index (χ1v) is 3.42. The molecule has 0 aromatic heterocycles. The molecule has 0 spiro atoms. The highest BCUT2D eigenvalue weighted by molar-refractivity contribution is 6.31. The van der Waals surface area contributed by atoms with E-state index in [9.17, 15) is 4.39 Å². The van der Waals surface area contributed by atoms with Gasteiger partial charge in [0.05, 0.1) is 22.5 Å². The van der Waals surface area contributed by atoms with Crippen LogP contribution in [0.4, 0.5) is 10.1 Å². The van der Waals surface area contributed by atoms with E-state index >= 15 is 0 Å². The van der Waals surface area contributed by atoms with Crippen molar-refractivity contribution >= 4 is 29.1 Å². The highest BCUT2D eigenvalue weighted by atomic mass is 35.5. The monoisotopic (exact) mass is 192 g/mol. The molecule has 0 aliphatic heterocycles. The largest absolute Gasteiger partial charge is 0.205 e. The van der Waals surface area contributed by atoms with Gasteiger partial charge in [0.15, 0.2) is 0 Å². The molecule has 0 atom stereocenters. The van der Waals surface area contributed by atoms with Crippen molar-refractivity contribution in [3.05, 3.63) is 29.0 Å². The molecule has 0 radical (unpaired) electrons. The van der Waals surface area contributed by atoms with Gasteiger partial charge in [-0.2, -0.15) is 0 Å². The van der Waals surface area contributed by atoms with Crippen LogP contribution in [0.5, 0.6) is 0 Å². The molecule has 11 heavy (non-hydrogen) atoms. The molecular formula is C6H3Cl2FN2. The lowest BCUT2D eigenvalue weighted by molar-refractivity contribution is 0.628. The first-order valence-electron chi connectivity index (χ1n) is 2.71. The Labute approximate surface area is 72.8 Å². The van der Waals surface area contributed by atoms with Crippen molar-refractivity contribution in [3.63, 3.8) is 0 Å². The summed E-state index contributed by atoms with van der Waals surface area (Å²) in [7, 11) is 0. The van der Waals surface area contributed by atoms with Gasteiger partial charge in [0.1, 0.15) is 5.82 Å². The fourth-order valence-electron chi connectivity index (χ4n) is 0.591. The first kappa shape index (κ1) is 8.43. The van der Waals surface area contributed by atoms with Gasteiger partial charge in [0.2, 0.25) is 0 Å². The SMILES string of the molecule is Fc1ccc(N=NCl)cc1Cl. The third kappa shape index (κ3) is 2.13. The summed E-state index contributed by atoms with van der Waals surface area (Å²) < 4.78 is 15.5. The average molecular weight is 193 g/mol. The lowest BCUT2D eigenvalue weighted by Gasteiger charge is -1.93. The molecule has 0 aliphatic carbocycles. The van der Waals surface area contributed by atoms with Crippen LogP contribution in [0.25, 0.3) is 0 Å². The molecule has 58 valence electrons. The number of nitrogens with zero attached hydrogens (tertiary/aromatic N) is 2. The van der Waals surface area contributed by atoms with E-state index in [-0.39, 0.29) is 5.02 Å². The predicted octanol–water partition coefficient (Wildman–Crippen LogP) is 3.72. The fraction of sp³-hybridized carbons (Fsp3) is 0. The van der Waals surface area contributed by atoms with Gasteiger partial charge in [-0.25, -0.2) is 4.39 Å². The Morgan fingerprint density at radius 1 is 1.36 bits per heavy atom. The molecule has 0 unspecified atom stereocenters. The molecule has 0 heterocycles. The van der Waals surface area contributed by atoms with Crippen molar-refractivity contribution in [3.8, 4) is 0 Å². The zero-order valence-electron chi connectivity index (χ0n) is 5.26. The fourth-order valence-corrected chi connectivity index (χ4v) is 0.853. The molecule has 5 heteroatoms. The van der Waals surface area contributed by atoms with Crippen LogP contribution in [0.15, 0.2) is 27.9 Å². The predicted molar refractivity (Wildman–Crippen MR) is 41.8 cm³/mol. The highest BCUT2D eigenvalue weighted by Crippen LogP contribution is 2.21. The lowest BCUT2D eigenvalue weighted by Crippen LogP contribution is -1.73. The van der Waals surface area contributed by atoms with Crippen molar-refractivity contribution in [2.24, 2.45) is 9.75 Å². The van der Waals surface area contributed by atoms with Crippen molar-refractivity contribution in [1.82, 2.24) is 0 Å². The van der Waals surface area contributed by atoms with Crippen molar-refractivity contribution in [1.29, 1.82) is 0 Å². The maximum atomic E-state index is 12.5. The quantitative estimate of drug-likeness (QED) is 0.607. The summed E-state index contributed by atoms with van der Waals surface area (Å²) in [4.78, 5) is 0. The molecule has 0 N–H and O–H groups in total. The molecule has 0 amide bonds. The second-order valence-corrected chi connectivity index (χ2v) is 2.33. The van der Waals surface area contributed by atoms with E-state index < -0.39 is 5.82 Å². The molecule has 1 aromatic carbocycles.